The number of fused-ring (bicyclic) bond motifs is 1. The van der Waals surface area contributed by atoms with Gasteiger partial charge in [-0.2, -0.15) is 4.98 Å². The van der Waals surface area contributed by atoms with E-state index in [9.17, 15) is 9.59 Å². The summed E-state index contributed by atoms with van der Waals surface area (Å²) in [7, 11) is 0. The first kappa shape index (κ1) is 16.3. The van der Waals surface area contributed by atoms with Crippen molar-refractivity contribution in [1.29, 1.82) is 0 Å². The molecule has 2 heterocycles. The number of rotatable bonds is 8. The summed E-state index contributed by atoms with van der Waals surface area (Å²) in [4.78, 5) is 31.1. The number of hydrogen-bond acceptors (Lipinski definition) is 5. The minimum Gasteiger partial charge on any atom is -0.356 e. The lowest BCUT2D eigenvalue weighted by Gasteiger charge is -2.07. The van der Waals surface area contributed by atoms with Crippen molar-refractivity contribution in [2.24, 2.45) is 5.73 Å². The lowest BCUT2D eigenvalue weighted by atomic mass is 10.3. The SMILES string of the molecule is CCCCn1c(=O)[nH]c(=O)c2c1nc(NCCCN)n2CC. The highest BCUT2D eigenvalue weighted by atomic mass is 16.2. The molecule has 0 aromatic carbocycles. The fourth-order valence-corrected chi connectivity index (χ4v) is 2.44. The zero-order chi connectivity index (χ0) is 16.1. The molecular weight excluding hydrogens is 284 g/mol. The van der Waals surface area contributed by atoms with E-state index in [1.165, 1.54) is 0 Å². The van der Waals surface area contributed by atoms with Crippen LogP contribution in [0.5, 0.6) is 0 Å². The van der Waals surface area contributed by atoms with Crippen LogP contribution in [0, 0.1) is 0 Å². The molecule has 4 N–H and O–H groups in total. The van der Waals surface area contributed by atoms with Gasteiger partial charge in [-0.25, -0.2) is 4.79 Å². The van der Waals surface area contributed by atoms with Gasteiger partial charge in [-0.1, -0.05) is 13.3 Å². The molecule has 0 saturated heterocycles. The van der Waals surface area contributed by atoms with Crippen LogP contribution in [0.3, 0.4) is 0 Å². The van der Waals surface area contributed by atoms with Crippen molar-refractivity contribution >= 4 is 17.1 Å². The predicted molar refractivity (Wildman–Crippen MR) is 87.4 cm³/mol. The Kier molecular flexibility index (Phi) is 5.37. The zero-order valence-corrected chi connectivity index (χ0v) is 13.2. The summed E-state index contributed by atoms with van der Waals surface area (Å²) >= 11 is 0. The van der Waals surface area contributed by atoms with Crippen molar-refractivity contribution < 1.29 is 0 Å². The number of hydrogen-bond donors (Lipinski definition) is 3. The van der Waals surface area contributed by atoms with Crippen LogP contribution in [-0.4, -0.2) is 32.2 Å². The van der Waals surface area contributed by atoms with Gasteiger partial charge in [-0.3, -0.25) is 14.3 Å². The van der Waals surface area contributed by atoms with E-state index in [0.29, 0.717) is 43.3 Å². The molecule has 8 nitrogen and oxygen atoms in total. The third-order valence-electron chi connectivity index (χ3n) is 3.60. The van der Waals surface area contributed by atoms with Gasteiger partial charge in [0.1, 0.15) is 0 Å². The van der Waals surface area contributed by atoms with Crippen LogP contribution in [0.15, 0.2) is 9.59 Å². The molecule has 0 spiro atoms. The topological polar surface area (TPSA) is 111 Å². The maximum atomic E-state index is 12.2. The number of nitrogens with one attached hydrogen (secondary N) is 2. The van der Waals surface area contributed by atoms with Gasteiger partial charge in [0.05, 0.1) is 0 Å². The van der Waals surface area contributed by atoms with Gasteiger partial charge in [0.2, 0.25) is 5.95 Å². The smallest absolute Gasteiger partial charge is 0.330 e. The van der Waals surface area contributed by atoms with Crippen LogP contribution in [0.25, 0.3) is 11.2 Å². The maximum absolute atomic E-state index is 12.2. The molecule has 0 amide bonds. The number of unbranched alkanes of at least 4 members (excludes halogenated alkanes) is 1. The van der Waals surface area contributed by atoms with Gasteiger partial charge < -0.3 is 15.6 Å². The fraction of sp³-hybridized carbons (Fsp3) is 0.643. The number of H-pyrrole nitrogens is 1. The van der Waals surface area contributed by atoms with Gasteiger partial charge in [0, 0.05) is 19.6 Å². The molecule has 8 heteroatoms. The Morgan fingerprint density at radius 2 is 2.00 bits per heavy atom. The first-order valence-corrected chi connectivity index (χ1v) is 7.81. The largest absolute Gasteiger partial charge is 0.356 e. The molecule has 0 aliphatic rings. The fourth-order valence-electron chi connectivity index (χ4n) is 2.44. The summed E-state index contributed by atoms with van der Waals surface area (Å²) < 4.78 is 3.34. The van der Waals surface area contributed by atoms with E-state index in [-0.39, 0.29) is 0 Å². The van der Waals surface area contributed by atoms with Crippen LogP contribution in [0.1, 0.15) is 33.1 Å². The molecule has 122 valence electrons. The van der Waals surface area contributed by atoms with Crippen LogP contribution in [-0.2, 0) is 13.1 Å². The van der Waals surface area contributed by atoms with Crippen molar-refractivity contribution in [3.63, 3.8) is 0 Å². The van der Waals surface area contributed by atoms with Crippen molar-refractivity contribution in [3.8, 4) is 0 Å². The van der Waals surface area contributed by atoms with Crippen LogP contribution in [0.4, 0.5) is 5.95 Å². The monoisotopic (exact) mass is 308 g/mol. The molecule has 0 aliphatic heterocycles. The van der Waals surface area contributed by atoms with E-state index in [1.807, 2.05) is 6.92 Å². The number of aromatic nitrogens is 4. The Morgan fingerprint density at radius 3 is 2.64 bits per heavy atom. The average Bonchev–Trinajstić information content (AvgIpc) is 2.86. The van der Waals surface area contributed by atoms with Crippen LogP contribution >= 0.6 is 0 Å². The quantitative estimate of drug-likeness (QED) is 0.614. The third-order valence-corrected chi connectivity index (χ3v) is 3.60. The molecule has 22 heavy (non-hydrogen) atoms. The molecule has 0 fully saturated rings. The van der Waals surface area contributed by atoms with Gasteiger partial charge in [0.25, 0.3) is 5.56 Å². The van der Waals surface area contributed by atoms with Crippen LogP contribution < -0.4 is 22.3 Å². The van der Waals surface area contributed by atoms with Crippen molar-refractivity contribution in [1.82, 2.24) is 19.1 Å². The first-order chi connectivity index (χ1) is 10.6. The average molecular weight is 308 g/mol. The van der Waals surface area contributed by atoms with Gasteiger partial charge in [-0.15, -0.1) is 0 Å². The Morgan fingerprint density at radius 1 is 1.23 bits per heavy atom. The summed E-state index contributed by atoms with van der Waals surface area (Å²) in [5.41, 5.74) is 5.58. The van der Waals surface area contributed by atoms with Crippen molar-refractivity contribution in [2.75, 3.05) is 18.4 Å². The van der Waals surface area contributed by atoms with Gasteiger partial charge in [-0.05, 0) is 26.3 Å². The normalized spacial score (nSPS) is 11.2. The summed E-state index contributed by atoms with van der Waals surface area (Å²) in [5.74, 6) is 0.604. The number of anilines is 1. The van der Waals surface area contributed by atoms with Crippen molar-refractivity contribution in [2.45, 2.75) is 46.2 Å². The molecule has 2 aromatic rings. The number of imidazole rings is 1. The molecule has 0 saturated carbocycles. The number of nitrogens with two attached hydrogens (primary N) is 1. The molecule has 2 rings (SSSR count). The van der Waals surface area contributed by atoms with Gasteiger partial charge in [0.15, 0.2) is 11.2 Å². The highest BCUT2D eigenvalue weighted by Gasteiger charge is 2.17. The van der Waals surface area contributed by atoms with Gasteiger partial charge >= 0.3 is 5.69 Å². The lowest BCUT2D eigenvalue weighted by Crippen LogP contribution is -2.31. The molecule has 2 aromatic heterocycles. The third kappa shape index (κ3) is 3.06. The van der Waals surface area contributed by atoms with E-state index in [1.54, 1.807) is 9.13 Å². The van der Waals surface area contributed by atoms with E-state index >= 15 is 0 Å². The Balaban J connectivity index is 2.57. The number of aromatic amines is 1. The molecule has 0 bridgehead atoms. The number of nitrogens with zero attached hydrogens (tertiary/aromatic N) is 3. The molecular formula is C14H24N6O2. The second kappa shape index (κ2) is 7.26. The minimum atomic E-state index is -0.403. The summed E-state index contributed by atoms with van der Waals surface area (Å²) in [6.45, 7) is 6.40. The predicted octanol–water partition coefficient (Wildman–Crippen LogP) is 0.467. The lowest BCUT2D eigenvalue weighted by molar-refractivity contribution is 0.613. The summed E-state index contributed by atoms with van der Waals surface area (Å²) in [6, 6.07) is 0. The van der Waals surface area contributed by atoms with Crippen molar-refractivity contribution in [3.05, 3.63) is 20.8 Å². The number of aryl methyl sites for hydroxylation is 2. The Labute approximate surface area is 128 Å². The highest BCUT2D eigenvalue weighted by molar-refractivity contribution is 5.74. The Bertz CT molecular complexity index is 742. The zero-order valence-electron chi connectivity index (χ0n) is 13.2. The maximum Gasteiger partial charge on any atom is 0.330 e. The van der Waals surface area contributed by atoms with E-state index in [2.05, 4.69) is 22.2 Å². The highest BCUT2D eigenvalue weighted by Crippen LogP contribution is 2.15. The second-order valence-electron chi connectivity index (χ2n) is 5.19. The minimum absolute atomic E-state index is 0.394. The summed E-state index contributed by atoms with van der Waals surface area (Å²) in [5, 5.41) is 3.19. The first-order valence-electron chi connectivity index (χ1n) is 7.81. The van der Waals surface area contributed by atoms with Crippen LogP contribution in [0.2, 0.25) is 0 Å². The molecule has 0 atom stereocenters. The second-order valence-corrected chi connectivity index (χ2v) is 5.19. The molecule has 0 radical (unpaired) electrons. The van der Waals surface area contributed by atoms with E-state index < -0.39 is 11.2 Å². The van der Waals surface area contributed by atoms with E-state index in [4.69, 9.17) is 5.73 Å². The molecule has 0 aliphatic carbocycles. The Hall–Kier alpha value is -2.09. The summed E-state index contributed by atoms with van der Waals surface area (Å²) in [6.07, 6.45) is 2.63. The molecule has 0 unspecified atom stereocenters. The standard InChI is InChI=1S/C14H24N6O2/c1-3-5-9-20-11-10(12(21)18-14(20)22)19(4-2)13(17-11)16-8-6-7-15/h3-9,15H2,1-2H3,(H,16,17)(H,18,21,22). The van der Waals surface area contributed by atoms with E-state index in [0.717, 1.165) is 19.3 Å².